The molecule has 1 aliphatic rings. The number of aromatic amines is 1. The predicted octanol–water partition coefficient (Wildman–Crippen LogP) is 4.85. The molecule has 0 unspecified atom stereocenters. The maximum Gasteiger partial charge on any atom is 0.407 e. The minimum atomic E-state index is -0.637. The van der Waals surface area contributed by atoms with E-state index in [0.29, 0.717) is 6.54 Å². The van der Waals surface area contributed by atoms with Gasteiger partial charge in [0.2, 0.25) is 5.91 Å². The lowest BCUT2D eigenvalue weighted by molar-refractivity contribution is -0.135. The molecular formula is C24H28N4O3S. The largest absolute Gasteiger partial charge is 0.453 e. The van der Waals surface area contributed by atoms with Crippen LogP contribution in [0.25, 0.3) is 21.7 Å². The molecule has 0 spiro atoms. The van der Waals surface area contributed by atoms with Gasteiger partial charge in [-0.15, -0.1) is 11.3 Å². The number of carbonyl (C=O) groups is 2. The van der Waals surface area contributed by atoms with Crippen LogP contribution in [0.1, 0.15) is 38.6 Å². The zero-order chi connectivity index (χ0) is 22.7. The van der Waals surface area contributed by atoms with E-state index < -0.39 is 12.1 Å². The number of methoxy groups -OCH3 is 1. The second-order valence-electron chi connectivity index (χ2n) is 8.28. The third-order valence-electron chi connectivity index (χ3n) is 5.84. The van der Waals surface area contributed by atoms with Gasteiger partial charge in [-0.2, -0.15) is 0 Å². The molecule has 4 rings (SSSR count). The molecule has 1 aliphatic heterocycles. The highest BCUT2D eigenvalue weighted by Gasteiger charge is 2.37. The van der Waals surface area contributed by atoms with Gasteiger partial charge in [0.1, 0.15) is 11.9 Å². The van der Waals surface area contributed by atoms with E-state index in [1.165, 1.54) is 17.6 Å². The summed E-state index contributed by atoms with van der Waals surface area (Å²) < 4.78 is 4.70. The number of nitrogens with zero attached hydrogens (tertiary/aromatic N) is 2. The molecule has 1 aromatic carbocycles. The van der Waals surface area contributed by atoms with Gasteiger partial charge in [-0.3, -0.25) is 4.79 Å². The fourth-order valence-electron chi connectivity index (χ4n) is 4.10. The Bertz CT molecular complexity index is 1060. The molecule has 0 saturated carbocycles. The fourth-order valence-corrected chi connectivity index (χ4v) is 4.84. The molecule has 1 fully saturated rings. The zero-order valence-electron chi connectivity index (χ0n) is 18.5. The van der Waals surface area contributed by atoms with Crippen molar-refractivity contribution in [3.8, 4) is 21.7 Å². The summed E-state index contributed by atoms with van der Waals surface area (Å²) in [6.45, 7) is 4.46. The first-order valence-electron chi connectivity index (χ1n) is 10.8. The SMILES string of the molecule is COC(=O)N[C@@H](C(=O)N1CCC[C@@H]1c1ncc(-c2ccc(-c3cccs3)cc2)[nH]1)C(C)C. The van der Waals surface area contributed by atoms with E-state index in [9.17, 15) is 9.59 Å². The summed E-state index contributed by atoms with van der Waals surface area (Å²) in [6.07, 6.45) is 2.95. The molecule has 168 valence electrons. The monoisotopic (exact) mass is 452 g/mol. The average Bonchev–Trinajstić information content (AvgIpc) is 3.57. The van der Waals surface area contributed by atoms with Gasteiger partial charge >= 0.3 is 6.09 Å². The summed E-state index contributed by atoms with van der Waals surface area (Å²) >= 11 is 1.72. The van der Waals surface area contributed by atoms with E-state index in [1.54, 1.807) is 11.3 Å². The Morgan fingerprint density at radius 2 is 1.97 bits per heavy atom. The number of hydrogen-bond donors (Lipinski definition) is 2. The van der Waals surface area contributed by atoms with Crippen LogP contribution >= 0.6 is 11.3 Å². The number of alkyl carbamates (subject to hydrolysis) is 1. The van der Waals surface area contributed by atoms with Crippen molar-refractivity contribution in [3.05, 3.63) is 53.8 Å². The minimum absolute atomic E-state index is 0.0585. The zero-order valence-corrected chi connectivity index (χ0v) is 19.3. The summed E-state index contributed by atoms with van der Waals surface area (Å²) in [5, 5.41) is 4.75. The molecule has 0 bridgehead atoms. The number of imidazole rings is 1. The summed E-state index contributed by atoms with van der Waals surface area (Å²) in [4.78, 5) is 36.1. The summed E-state index contributed by atoms with van der Waals surface area (Å²) in [6, 6.07) is 11.8. The lowest BCUT2D eigenvalue weighted by Crippen LogP contribution is -2.51. The molecule has 2 atom stereocenters. The van der Waals surface area contributed by atoms with Gasteiger partial charge in [-0.05, 0) is 41.3 Å². The van der Waals surface area contributed by atoms with Crippen LogP contribution < -0.4 is 5.32 Å². The fraction of sp³-hybridized carbons (Fsp3) is 0.375. The molecule has 2 amide bonds. The highest BCUT2D eigenvalue weighted by molar-refractivity contribution is 7.13. The molecule has 2 aromatic heterocycles. The third kappa shape index (κ3) is 4.55. The standard InChI is InChI=1S/C24H28N4O3S/c1-15(2)21(27-24(30)31-3)23(29)28-12-4-6-19(28)22-25-14-18(26-22)16-8-10-17(11-9-16)20-7-5-13-32-20/h5,7-11,13-15,19,21H,4,6,12H2,1-3H3,(H,25,26)(H,27,30)/t19-,21-/m1/s1. The van der Waals surface area contributed by atoms with Crippen molar-refractivity contribution in [3.63, 3.8) is 0 Å². The number of ether oxygens (including phenoxy) is 1. The van der Waals surface area contributed by atoms with Crippen molar-refractivity contribution < 1.29 is 14.3 Å². The first-order chi connectivity index (χ1) is 15.5. The number of amides is 2. The van der Waals surface area contributed by atoms with Crippen LogP contribution in [0.4, 0.5) is 4.79 Å². The Hall–Kier alpha value is -3.13. The lowest BCUT2D eigenvalue weighted by atomic mass is 10.0. The third-order valence-corrected chi connectivity index (χ3v) is 6.76. The number of carbonyl (C=O) groups excluding carboxylic acids is 2. The topological polar surface area (TPSA) is 87.3 Å². The van der Waals surface area contributed by atoms with Gasteiger partial charge < -0.3 is 19.9 Å². The van der Waals surface area contributed by atoms with Crippen LogP contribution in [0.5, 0.6) is 0 Å². The number of H-pyrrole nitrogens is 1. The summed E-state index contributed by atoms with van der Waals surface area (Å²) in [7, 11) is 1.30. The average molecular weight is 453 g/mol. The van der Waals surface area contributed by atoms with Crippen LogP contribution in [-0.2, 0) is 9.53 Å². The van der Waals surface area contributed by atoms with Crippen molar-refractivity contribution in [1.29, 1.82) is 0 Å². The van der Waals surface area contributed by atoms with Crippen LogP contribution in [0, 0.1) is 5.92 Å². The Labute approximate surface area is 191 Å². The molecule has 0 aliphatic carbocycles. The van der Waals surface area contributed by atoms with Gasteiger partial charge in [0.25, 0.3) is 0 Å². The summed E-state index contributed by atoms with van der Waals surface area (Å²) in [5.41, 5.74) is 3.16. The quantitative estimate of drug-likeness (QED) is 0.560. The molecule has 0 radical (unpaired) electrons. The van der Waals surface area contributed by atoms with E-state index in [2.05, 4.69) is 51.0 Å². The molecule has 3 aromatic rings. The highest BCUT2D eigenvalue weighted by atomic mass is 32.1. The Morgan fingerprint density at radius 3 is 2.62 bits per heavy atom. The molecule has 7 nitrogen and oxygen atoms in total. The molecule has 32 heavy (non-hydrogen) atoms. The van der Waals surface area contributed by atoms with E-state index >= 15 is 0 Å². The van der Waals surface area contributed by atoms with Crippen LogP contribution in [0.15, 0.2) is 48.0 Å². The molecule has 2 N–H and O–H groups in total. The van der Waals surface area contributed by atoms with Gasteiger partial charge in [0, 0.05) is 11.4 Å². The first kappa shape index (κ1) is 22.1. The smallest absolute Gasteiger partial charge is 0.407 e. The van der Waals surface area contributed by atoms with E-state index in [4.69, 9.17) is 4.74 Å². The molecule has 1 saturated heterocycles. The molecule has 3 heterocycles. The van der Waals surface area contributed by atoms with Crippen LogP contribution in [0.3, 0.4) is 0 Å². The van der Waals surface area contributed by atoms with E-state index in [-0.39, 0.29) is 17.9 Å². The minimum Gasteiger partial charge on any atom is -0.453 e. The van der Waals surface area contributed by atoms with Crippen LogP contribution in [-0.4, -0.2) is 46.6 Å². The summed E-state index contributed by atoms with van der Waals surface area (Å²) in [5.74, 6) is 0.608. The maximum atomic E-state index is 13.3. The number of likely N-dealkylation sites (tertiary alicyclic amines) is 1. The predicted molar refractivity (Wildman–Crippen MR) is 125 cm³/mol. The Balaban J connectivity index is 1.51. The Kier molecular flexibility index (Phi) is 6.60. The molecule has 8 heteroatoms. The van der Waals surface area contributed by atoms with Crippen LogP contribution in [0.2, 0.25) is 0 Å². The number of aromatic nitrogens is 2. The normalized spacial score (nSPS) is 16.9. The first-order valence-corrected chi connectivity index (χ1v) is 11.7. The second-order valence-corrected chi connectivity index (χ2v) is 9.23. The van der Waals surface area contributed by atoms with Gasteiger partial charge in [0.05, 0.1) is 25.0 Å². The number of thiophene rings is 1. The highest BCUT2D eigenvalue weighted by Crippen LogP contribution is 2.33. The van der Waals surface area contributed by atoms with Gasteiger partial charge in [0.15, 0.2) is 0 Å². The van der Waals surface area contributed by atoms with Gasteiger partial charge in [-0.25, -0.2) is 9.78 Å². The van der Waals surface area contributed by atoms with Crippen molar-refractivity contribution in [2.24, 2.45) is 5.92 Å². The number of rotatable bonds is 6. The van der Waals surface area contributed by atoms with E-state index in [1.807, 2.05) is 31.0 Å². The van der Waals surface area contributed by atoms with Crippen molar-refractivity contribution in [2.45, 2.75) is 38.8 Å². The van der Waals surface area contributed by atoms with Crippen molar-refractivity contribution >= 4 is 23.3 Å². The number of nitrogens with one attached hydrogen (secondary N) is 2. The van der Waals surface area contributed by atoms with Crippen molar-refractivity contribution in [2.75, 3.05) is 13.7 Å². The van der Waals surface area contributed by atoms with E-state index in [0.717, 1.165) is 29.9 Å². The Morgan fingerprint density at radius 1 is 1.22 bits per heavy atom. The number of hydrogen-bond acceptors (Lipinski definition) is 5. The second kappa shape index (κ2) is 9.56. The van der Waals surface area contributed by atoms with Gasteiger partial charge in [-0.1, -0.05) is 44.2 Å². The van der Waals surface area contributed by atoms with Crippen molar-refractivity contribution in [1.82, 2.24) is 20.2 Å². The maximum absolute atomic E-state index is 13.3. The lowest BCUT2D eigenvalue weighted by Gasteiger charge is -2.30. The number of benzene rings is 1. The molecular weight excluding hydrogens is 424 g/mol.